The summed E-state index contributed by atoms with van der Waals surface area (Å²) in [5.41, 5.74) is 3.02. The molecule has 4 aromatic rings. The molecule has 25 heavy (non-hydrogen) atoms. The summed E-state index contributed by atoms with van der Waals surface area (Å²) in [7, 11) is 0. The van der Waals surface area contributed by atoms with E-state index in [0.29, 0.717) is 17.3 Å². The van der Waals surface area contributed by atoms with Gasteiger partial charge in [0.05, 0.1) is 22.8 Å². The van der Waals surface area contributed by atoms with Crippen LogP contribution in [0.2, 0.25) is 5.02 Å². The van der Waals surface area contributed by atoms with Crippen LogP contribution in [-0.2, 0) is 6.54 Å². The lowest BCUT2D eigenvalue weighted by Crippen LogP contribution is -2.23. The fourth-order valence-corrected chi connectivity index (χ4v) is 3.56. The van der Waals surface area contributed by atoms with E-state index >= 15 is 0 Å². The van der Waals surface area contributed by atoms with Crippen LogP contribution >= 0.6 is 22.9 Å². The number of thiazole rings is 1. The average molecular weight is 369 g/mol. The third kappa shape index (κ3) is 3.26. The molecule has 0 fully saturated rings. The van der Waals surface area contributed by atoms with Gasteiger partial charge in [-0.3, -0.25) is 9.78 Å². The first-order valence-corrected chi connectivity index (χ1v) is 8.87. The summed E-state index contributed by atoms with van der Waals surface area (Å²) in [4.78, 5) is 24.0. The lowest BCUT2D eigenvalue weighted by Gasteiger charge is -2.01. The maximum absolute atomic E-state index is 12.4. The Morgan fingerprint density at radius 3 is 3.00 bits per heavy atom. The third-order valence-corrected chi connectivity index (χ3v) is 5.00. The zero-order valence-corrected chi connectivity index (χ0v) is 14.6. The predicted molar refractivity (Wildman–Crippen MR) is 99.8 cm³/mol. The Labute approximate surface area is 152 Å². The molecule has 7 heteroatoms. The lowest BCUT2D eigenvalue weighted by atomic mass is 10.2. The van der Waals surface area contributed by atoms with Crippen molar-refractivity contribution in [2.45, 2.75) is 6.54 Å². The molecule has 5 nitrogen and oxygen atoms in total. The number of para-hydroxylation sites is 1. The van der Waals surface area contributed by atoms with Crippen LogP contribution in [0.4, 0.5) is 0 Å². The summed E-state index contributed by atoms with van der Waals surface area (Å²) in [5.74, 6) is -0.191. The average Bonchev–Trinajstić information content (AvgIpc) is 3.28. The molecular weight excluding hydrogens is 356 g/mol. The molecule has 0 unspecified atom stereocenters. The molecule has 1 aromatic carbocycles. The smallest absolute Gasteiger partial charge is 0.268 e. The van der Waals surface area contributed by atoms with E-state index in [2.05, 4.69) is 20.3 Å². The van der Waals surface area contributed by atoms with Crippen LogP contribution in [0.5, 0.6) is 0 Å². The van der Waals surface area contributed by atoms with Crippen molar-refractivity contribution in [1.82, 2.24) is 20.3 Å². The number of aromatic amines is 1. The third-order valence-electron chi connectivity index (χ3n) is 3.74. The Balaban J connectivity index is 1.46. The Hall–Kier alpha value is -2.70. The van der Waals surface area contributed by atoms with Crippen molar-refractivity contribution >= 4 is 39.7 Å². The predicted octanol–water partition coefficient (Wildman–Crippen LogP) is 4.27. The van der Waals surface area contributed by atoms with Gasteiger partial charge in [-0.25, -0.2) is 4.98 Å². The van der Waals surface area contributed by atoms with Crippen molar-refractivity contribution in [2.24, 2.45) is 0 Å². The number of halogens is 1. The number of nitrogens with one attached hydrogen (secondary N) is 2. The molecule has 3 heterocycles. The summed E-state index contributed by atoms with van der Waals surface area (Å²) < 4.78 is 0. The van der Waals surface area contributed by atoms with Crippen molar-refractivity contribution in [3.8, 4) is 10.6 Å². The molecular formula is C18H13ClN4OS. The van der Waals surface area contributed by atoms with Crippen LogP contribution in [0.3, 0.4) is 0 Å². The highest BCUT2D eigenvalue weighted by atomic mass is 35.5. The second kappa shape index (κ2) is 6.66. The number of H-pyrrole nitrogens is 1. The van der Waals surface area contributed by atoms with E-state index < -0.39 is 0 Å². The van der Waals surface area contributed by atoms with Gasteiger partial charge < -0.3 is 10.3 Å². The van der Waals surface area contributed by atoms with E-state index in [1.54, 1.807) is 24.5 Å². The molecule has 2 N–H and O–H groups in total. The van der Waals surface area contributed by atoms with E-state index in [1.807, 2.05) is 29.6 Å². The number of carbonyl (C=O) groups is 1. The molecule has 124 valence electrons. The number of hydrogen-bond donors (Lipinski definition) is 2. The van der Waals surface area contributed by atoms with Gasteiger partial charge in [0.2, 0.25) is 0 Å². The van der Waals surface area contributed by atoms with Crippen LogP contribution in [0.25, 0.3) is 21.5 Å². The van der Waals surface area contributed by atoms with Gasteiger partial charge in [0, 0.05) is 28.7 Å². The van der Waals surface area contributed by atoms with Gasteiger partial charge in [-0.05, 0) is 24.3 Å². The fourth-order valence-electron chi connectivity index (χ4n) is 2.52. The van der Waals surface area contributed by atoms with E-state index in [9.17, 15) is 4.79 Å². The van der Waals surface area contributed by atoms with Crippen molar-refractivity contribution < 1.29 is 4.79 Å². The number of nitrogens with zero attached hydrogens (tertiary/aromatic N) is 2. The first-order chi connectivity index (χ1) is 12.2. The Morgan fingerprint density at radius 1 is 1.28 bits per heavy atom. The molecule has 4 rings (SSSR count). The highest BCUT2D eigenvalue weighted by Gasteiger charge is 2.12. The number of rotatable bonds is 4. The van der Waals surface area contributed by atoms with E-state index in [0.717, 1.165) is 27.2 Å². The maximum atomic E-state index is 12.4. The second-order valence-electron chi connectivity index (χ2n) is 5.46. The van der Waals surface area contributed by atoms with Gasteiger partial charge in [-0.15, -0.1) is 11.3 Å². The summed E-state index contributed by atoms with van der Waals surface area (Å²) in [5, 5.41) is 7.20. The molecule has 1 amide bonds. The number of carbonyl (C=O) groups excluding carboxylic acids is 1. The van der Waals surface area contributed by atoms with Crippen molar-refractivity contribution in [3.63, 3.8) is 0 Å². The largest absolute Gasteiger partial charge is 0.349 e. The Kier molecular flexibility index (Phi) is 4.21. The van der Waals surface area contributed by atoms with Crippen LogP contribution < -0.4 is 5.32 Å². The molecule has 0 aliphatic rings. The van der Waals surface area contributed by atoms with Gasteiger partial charge in [0.1, 0.15) is 10.7 Å². The van der Waals surface area contributed by atoms with Gasteiger partial charge in [0.25, 0.3) is 5.91 Å². The molecule has 3 aromatic heterocycles. The number of amides is 1. The van der Waals surface area contributed by atoms with Gasteiger partial charge in [-0.2, -0.15) is 0 Å². The molecule has 0 aliphatic heterocycles. The van der Waals surface area contributed by atoms with E-state index in [-0.39, 0.29) is 5.91 Å². The highest BCUT2D eigenvalue weighted by molar-refractivity contribution is 7.13. The number of fused-ring (bicyclic) bond motifs is 1. The minimum atomic E-state index is -0.191. The number of hydrogen-bond acceptors (Lipinski definition) is 4. The van der Waals surface area contributed by atoms with E-state index in [4.69, 9.17) is 11.6 Å². The first-order valence-electron chi connectivity index (χ1n) is 7.61. The van der Waals surface area contributed by atoms with Gasteiger partial charge >= 0.3 is 0 Å². The van der Waals surface area contributed by atoms with Crippen molar-refractivity contribution in [2.75, 3.05) is 0 Å². The molecule has 0 atom stereocenters. The van der Waals surface area contributed by atoms with Gasteiger partial charge in [0.15, 0.2) is 0 Å². The summed E-state index contributed by atoms with van der Waals surface area (Å²) in [6.07, 6.45) is 3.50. The molecule has 0 radical (unpaired) electrons. The standard InChI is InChI=1S/C18H13ClN4OS/c19-14-5-1-3-11-7-15(23-16(11)14)17(24)21-9-13-10-25-18(22-13)12-4-2-6-20-8-12/h1-8,10,23H,9H2,(H,21,24). The monoisotopic (exact) mass is 368 g/mol. The van der Waals surface area contributed by atoms with Crippen LogP contribution in [0.1, 0.15) is 16.2 Å². The summed E-state index contributed by atoms with van der Waals surface area (Å²) in [6, 6.07) is 11.2. The van der Waals surface area contributed by atoms with Gasteiger partial charge in [-0.1, -0.05) is 23.7 Å². The zero-order valence-electron chi connectivity index (χ0n) is 13.0. The molecule has 0 saturated carbocycles. The zero-order chi connectivity index (χ0) is 17.2. The van der Waals surface area contributed by atoms with E-state index in [1.165, 1.54) is 11.3 Å². The molecule has 0 spiro atoms. The number of pyridine rings is 1. The quantitative estimate of drug-likeness (QED) is 0.565. The number of aromatic nitrogens is 3. The fraction of sp³-hybridized carbons (Fsp3) is 0.0556. The molecule has 0 bridgehead atoms. The summed E-state index contributed by atoms with van der Waals surface area (Å²) in [6.45, 7) is 0.360. The summed E-state index contributed by atoms with van der Waals surface area (Å²) >= 11 is 7.66. The number of benzene rings is 1. The highest BCUT2D eigenvalue weighted by Crippen LogP contribution is 2.24. The van der Waals surface area contributed by atoms with Crippen molar-refractivity contribution in [1.29, 1.82) is 0 Å². The Bertz CT molecular complexity index is 1040. The second-order valence-corrected chi connectivity index (χ2v) is 6.72. The van der Waals surface area contributed by atoms with Crippen LogP contribution in [-0.4, -0.2) is 20.9 Å². The minimum absolute atomic E-state index is 0.191. The Morgan fingerprint density at radius 2 is 2.20 bits per heavy atom. The van der Waals surface area contributed by atoms with Crippen LogP contribution in [0.15, 0.2) is 54.2 Å². The topological polar surface area (TPSA) is 70.7 Å². The molecule has 0 aliphatic carbocycles. The van der Waals surface area contributed by atoms with Crippen molar-refractivity contribution in [3.05, 3.63) is 70.6 Å². The lowest BCUT2D eigenvalue weighted by molar-refractivity contribution is 0.0946. The minimum Gasteiger partial charge on any atom is -0.349 e. The normalized spacial score (nSPS) is 10.9. The first kappa shape index (κ1) is 15.8. The molecule has 0 saturated heterocycles. The van der Waals surface area contributed by atoms with Crippen LogP contribution in [0, 0.1) is 0 Å². The maximum Gasteiger partial charge on any atom is 0.268 e. The SMILES string of the molecule is O=C(NCc1csc(-c2cccnc2)n1)c1cc2cccc(Cl)c2[nH]1.